The van der Waals surface area contributed by atoms with E-state index in [1.165, 1.54) is 26.4 Å². The van der Waals surface area contributed by atoms with Crippen molar-refractivity contribution in [2.75, 3.05) is 7.11 Å². The van der Waals surface area contributed by atoms with Crippen LogP contribution < -0.4 is 10.5 Å². The van der Waals surface area contributed by atoms with E-state index in [0.29, 0.717) is 11.5 Å². The maximum absolute atomic E-state index is 13.9. The lowest BCUT2D eigenvalue weighted by molar-refractivity contribution is 0.274. The minimum absolute atomic E-state index is 0.208. The lowest BCUT2D eigenvalue weighted by atomic mass is 9.80. The summed E-state index contributed by atoms with van der Waals surface area (Å²) in [5.74, 6) is 0.652. The van der Waals surface area contributed by atoms with Crippen LogP contribution in [-0.2, 0) is 0 Å². The van der Waals surface area contributed by atoms with Crippen LogP contribution in [0.4, 0.5) is 4.39 Å². The minimum atomic E-state index is -0.308. The average molecular weight is 223 g/mol. The molecule has 1 aliphatic rings. The minimum Gasteiger partial charge on any atom is -0.494 e. The summed E-state index contributed by atoms with van der Waals surface area (Å²) in [5.41, 5.74) is 6.61. The van der Waals surface area contributed by atoms with Crippen LogP contribution in [0.2, 0.25) is 0 Å². The van der Waals surface area contributed by atoms with Gasteiger partial charge in [-0.15, -0.1) is 0 Å². The Morgan fingerprint density at radius 1 is 1.50 bits per heavy atom. The van der Waals surface area contributed by atoms with Gasteiger partial charge in [0.2, 0.25) is 0 Å². The number of hydrogen-bond donors (Lipinski definition) is 1. The first-order valence-electron chi connectivity index (χ1n) is 5.80. The van der Waals surface area contributed by atoms with E-state index < -0.39 is 0 Å². The molecule has 1 aromatic carbocycles. The highest BCUT2D eigenvalue weighted by Gasteiger charge is 2.23. The first kappa shape index (κ1) is 11.4. The number of methoxy groups -OCH3 is 1. The molecule has 0 heterocycles. The van der Waals surface area contributed by atoms with E-state index in [1.807, 2.05) is 0 Å². The number of halogens is 1. The molecule has 1 aromatic rings. The van der Waals surface area contributed by atoms with Crippen LogP contribution in [-0.4, -0.2) is 7.11 Å². The van der Waals surface area contributed by atoms with Gasteiger partial charge >= 0.3 is 0 Å². The Bertz CT molecular complexity index is 363. The van der Waals surface area contributed by atoms with Crippen LogP contribution in [0.1, 0.15) is 37.3 Å². The molecule has 0 aliphatic heterocycles. The van der Waals surface area contributed by atoms with Gasteiger partial charge in [0.05, 0.1) is 7.11 Å². The fraction of sp³-hybridized carbons (Fsp3) is 0.538. The van der Waals surface area contributed by atoms with Crippen LogP contribution >= 0.6 is 0 Å². The SMILES string of the molecule is COc1cccc(C(N)CC2CCC2)c1F. The molecular formula is C13H18FNO. The van der Waals surface area contributed by atoms with E-state index in [-0.39, 0.29) is 17.6 Å². The highest BCUT2D eigenvalue weighted by atomic mass is 19.1. The zero-order chi connectivity index (χ0) is 11.5. The van der Waals surface area contributed by atoms with Crippen LogP contribution in [0.5, 0.6) is 5.75 Å². The van der Waals surface area contributed by atoms with Crippen molar-refractivity contribution in [1.82, 2.24) is 0 Å². The van der Waals surface area contributed by atoms with Crippen molar-refractivity contribution in [1.29, 1.82) is 0 Å². The molecule has 2 N–H and O–H groups in total. The number of ether oxygens (including phenoxy) is 1. The predicted octanol–water partition coefficient (Wildman–Crippen LogP) is 3.02. The fourth-order valence-corrected chi connectivity index (χ4v) is 2.19. The first-order valence-corrected chi connectivity index (χ1v) is 5.80. The second-order valence-corrected chi connectivity index (χ2v) is 4.50. The molecule has 1 fully saturated rings. The zero-order valence-corrected chi connectivity index (χ0v) is 9.58. The topological polar surface area (TPSA) is 35.2 Å². The van der Waals surface area contributed by atoms with Crippen molar-refractivity contribution in [3.05, 3.63) is 29.6 Å². The fourth-order valence-electron chi connectivity index (χ4n) is 2.19. The molecule has 0 saturated heterocycles. The average Bonchev–Trinajstić information content (AvgIpc) is 2.23. The Morgan fingerprint density at radius 3 is 2.81 bits per heavy atom. The summed E-state index contributed by atoms with van der Waals surface area (Å²) in [4.78, 5) is 0. The van der Waals surface area contributed by atoms with Crippen LogP contribution in [0, 0.1) is 11.7 Å². The number of hydrogen-bond acceptors (Lipinski definition) is 2. The molecule has 0 radical (unpaired) electrons. The predicted molar refractivity (Wildman–Crippen MR) is 61.8 cm³/mol. The molecule has 1 unspecified atom stereocenters. The van der Waals surface area contributed by atoms with Gasteiger partial charge in [0.1, 0.15) is 0 Å². The van der Waals surface area contributed by atoms with E-state index in [1.54, 1.807) is 18.2 Å². The molecule has 0 aromatic heterocycles. The summed E-state index contributed by atoms with van der Waals surface area (Å²) >= 11 is 0. The van der Waals surface area contributed by atoms with Gasteiger partial charge in [-0.1, -0.05) is 31.4 Å². The van der Waals surface area contributed by atoms with Crippen LogP contribution in [0.25, 0.3) is 0 Å². The van der Waals surface area contributed by atoms with Crippen LogP contribution in [0.3, 0.4) is 0 Å². The van der Waals surface area contributed by atoms with Gasteiger partial charge in [-0.25, -0.2) is 4.39 Å². The Labute approximate surface area is 95.6 Å². The largest absolute Gasteiger partial charge is 0.494 e. The van der Waals surface area contributed by atoms with Crippen molar-refractivity contribution >= 4 is 0 Å². The van der Waals surface area contributed by atoms with E-state index in [9.17, 15) is 4.39 Å². The molecule has 1 atom stereocenters. The summed E-state index contributed by atoms with van der Waals surface area (Å²) in [6.45, 7) is 0. The second-order valence-electron chi connectivity index (χ2n) is 4.50. The highest BCUT2D eigenvalue weighted by molar-refractivity contribution is 5.32. The molecule has 2 nitrogen and oxygen atoms in total. The third kappa shape index (κ3) is 2.19. The third-order valence-corrected chi connectivity index (χ3v) is 3.42. The smallest absolute Gasteiger partial charge is 0.169 e. The Balaban J connectivity index is 2.11. The van der Waals surface area contributed by atoms with Crippen molar-refractivity contribution in [2.24, 2.45) is 11.7 Å². The molecule has 0 bridgehead atoms. The molecule has 88 valence electrons. The van der Waals surface area contributed by atoms with Gasteiger partial charge in [-0.2, -0.15) is 0 Å². The van der Waals surface area contributed by atoms with Crippen molar-refractivity contribution in [2.45, 2.75) is 31.7 Å². The normalized spacial score (nSPS) is 17.9. The summed E-state index contributed by atoms with van der Waals surface area (Å²) < 4.78 is 18.8. The second kappa shape index (κ2) is 4.83. The number of benzene rings is 1. The number of nitrogens with two attached hydrogens (primary N) is 1. The Morgan fingerprint density at radius 2 is 2.25 bits per heavy atom. The molecule has 3 heteroatoms. The van der Waals surface area contributed by atoms with Crippen molar-refractivity contribution in [3.8, 4) is 5.75 Å². The van der Waals surface area contributed by atoms with Gasteiger partial charge in [0.25, 0.3) is 0 Å². The van der Waals surface area contributed by atoms with Crippen molar-refractivity contribution < 1.29 is 9.13 Å². The quantitative estimate of drug-likeness (QED) is 0.851. The standard InChI is InChI=1S/C13H18FNO/c1-16-12-7-3-6-10(13(12)14)11(15)8-9-4-2-5-9/h3,6-7,9,11H,2,4-5,8,15H2,1H3. The highest BCUT2D eigenvalue weighted by Crippen LogP contribution is 2.35. The van der Waals surface area contributed by atoms with Gasteiger partial charge in [-0.3, -0.25) is 0 Å². The molecule has 2 rings (SSSR count). The van der Waals surface area contributed by atoms with Crippen molar-refractivity contribution in [3.63, 3.8) is 0 Å². The zero-order valence-electron chi connectivity index (χ0n) is 9.58. The van der Waals surface area contributed by atoms with Gasteiger partial charge in [-0.05, 0) is 18.4 Å². The van der Waals surface area contributed by atoms with Gasteiger partial charge in [0, 0.05) is 11.6 Å². The maximum Gasteiger partial charge on any atom is 0.169 e. The molecular weight excluding hydrogens is 205 g/mol. The third-order valence-electron chi connectivity index (χ3n) is 3.42. The summed E-state index contributed by atoms with van der Waals surface area (Å²) in [7, 11) is 1.47. The van der Waals surface area contributed by atoms with Crippen LogP contribution in [0.15, 0.2) is 18.2 Å². The van der Waals surface area contributed by atoms with Gasteiger partial charge in [0.15, 0.2) is 11.6 Å². The molecule has 0 amide bonds. The van der Waals surface area contributed by atoms with Gasteiger partial charge < -0.3 is 10.5 Å². The molecule has 0 spiro atoms. The summed E-state index contributed by atoms with van der Waals surface area (Å²) in [6, 6.07) is 4.95. The Hall–Kier alpha value is -1.09. The lowest BCUT2D eigenvalue weighted by Gasteiger charge is -2.28. The van der Waals surface area contributed by atoms with E-state index in [0.717, 1.165) is 6.42 Å². The molecule has 1 saturated carbocycles. The first-order chi connectivity index (χ1) is 7.72. The van der Waals surface area contributed by atoms with E-state index in [4.69, 9.17) is 10.5 Å². The number of rotatable bonds is 4. The monoisotopic (exact) mass is 223 g/mol. The molecule has 16 heavy (non-hydrogen) atoms. The summed E-state index contributed by atoms with van der Waals surface area (Å²) in [5, 5.41) is 0. The lowest BCUT2D eigenvalue weighted by Crippen LogP contribution is -2.21. The maximum atomic E-state index is 13.9. The summed E-state index contributed by atoms with van der Waals surface area (Å²) in [6.07, 6.45) is 4.64. The molecule has 1 aliphatic carbocycles. The Kier molecular flexibility index (Phi) is 3.44. The van der Waals surface area contributed by atoms with E-state index >= 15 is 0 Å². The van der Waals surface area contributed by atoms with E-state index in [2.05, 4.69) is 0 Å².